The molecule has 0 bridgehead atoms. The second-order valence-corrected chi connectivity index (χ2v) is 5.82. The van der Waals surface area contributed by atoms with Crippen molar-refractivity contribution in [1.29, 1.82) is 0 Å². The van der Waals surface area contributed by atoms with Crippen LogP contribution in [0.25, 0.3) is 0 Å². The molecule has 0 amide bonds. The SMILES string of the molecule is CC(C)NS(=O)(=O)c1ccc(C(N)=S)cc1. The molecule has 0 spiro atoms. The minimum atomic E-state index is -3.44. The van der Waals surface area contributed by atoms with Crippen molar-refractivity contribution in [3.63, 3.8) is 0 Å². The molecule has 0 aromatic heterocycles. The molecule has 3 N–H and O–H groups in total. The molecule has 0 fully saturated rings. The maximum atomic E-state index is 11.7. The van der Waals surface area contributed by atoms with Crippen LogP contribution in [0.5, 0.6) is 0 Å². The highest BCUT2D eigenvalue weighted by molar-refractivity contribution is 7.89. The smallest absolute Gasteiger partial charge is 0.240 e. The zero-order valence-electron chi connectivity index (χ0n) is 9.10. The van der Waals surface area contributed by atoms with Gasteiger partial charge in [0, 0.05) is 11.6 Å². The fourth-order valence-electron chi connectivity index (χ4n) is 1.18. The molecule has 1 aromatic rings. The van der Waals surface area contributed by atoms with E-state index in [9.17, 15) is 8.42 Å². The lowest BCUT2D eigenvalue weighted by Crippen LogP contribution is -2.30. The third-order valence-electron chi connectivity index (χ3n) is 1.84. The molecule has 4 nitrogen and oxygen atoms in total. The second-order valence-electron chi connectivity index (χ2n) is 3.66. The van der Waals surface area contributed by atoms with Crippen LogP contribution in [0.1, 0.15) is 19.4 Å². The molecule has 0 heterocycles. The first kappa shape index (κ1) is 13.1. The number of hydrogen-bond acceptors (Lipinski definition) is 3. The van der Waals surface area contributed by atoms with Gasteiger partial charge in [-0.1, -0.05) is 24.4 Å². The first-order valence-electron chi connectivity index (χ1n) is 4.75. The zero-order chi connectivity index (χ0) is 12.3. The lowest BCUT2D eigenvalue weighted by molar-refractivity contribution is 0.570. The van der Waals surface area contributed by atoms with Gasteiger partial charge in [0.15, 0.2) is 0 Å². The predicted molar refractivity (Wildman–Crippen MR) is 67.8 cm³/mol. The van der Waals surface area contributed by atoms with Crippen LogP contribution < -0.4 is 10.5 Å². The maximum Gasteiger partial charge on any atom is 0.240 e. The van der Waals surface area contributed by atoms with Gasteiger partial charge in [-0.15, -0.1) is 0 Å². The monoisotopic (exact) mass is 258 g/mol. The number of rotatable bonds is 4. The molecular weight excluding hydrogens is 244 g/mol. The Kier molecular flexibility index (Phi) is 4.01. The largest absolute Gasteiger partial charge is 0.389 e. The lowest BCUT2D eigenvalue weighted by atomic mass is 10.2. The van der Waals surface area contributed by atoms with E-state index >= 15 is 0 Å². The maximum absolute atomic E-state index is 11.7. The van der Waals surface area contributed by atoms with Crippen LogP contribution in [0.3, 0.4) is 0 Å². The molecule has 0 saturated carbocycles. The first-order chi connectivity index (χ1) is 7.33. The highest BCUT2D eigenvalue weighted by Gasteiger charge is 2.14. The highest BCUT2D eigenvalue weighted by Crippen LogP contribution is 2.10. The van der Waals surface area contributed by atoms with Crippen molar-refractivity contribution in [1.82, 2.24) is 4.72 Å². The Morgan fingerprint density at radius 3 is 2.19 bits per heavy atom. The summed E-state index contributed by atoms with van der Waals surface area (Å²) in [5.74, 6) is 0. The molecular formula is C10H14N2O2S2. The Morgan fingerprint density at radius 2 is 1.81 bits per heavy atom. The van der Waals surface area contributed by atoms with Crippen LogP contribution in [0.4, 0.5) is 0 Å². The minimum absolute atomic E-state index is 0.139. The average molecular weight is 258 g/mol. The number of sulfonamides is 1. The standard InChI is InChI=1S/C10H14N2O2S2/c1-7(2)12-16(13,14)9-5-3-8(4-6-9)10(11)15/h3-7,12H,1-2H3,(H2,11,15). The minimum Gasteiger partial charge on any atom is -0.389 e. The number of nitrogens with one attached hydrogen (secondary N) is 1. The molecule has 0 aliphatic carbocycles. The van der Waals surface area contributed by atoms with Crippen LogP contribution in [-0.4, -0.2) is 19.4 Å². The van der Waals surface area contributed by atoms with Crippen molar-refractivity contribution in [2.45, 2.75) is 24.8 Å². The van der Waals surface area contributed by atoms with Gasteiger partial charge in [0.2, 0.25) is 10.0 Å². The predicted octanol–water partition coefficient (Wildman–Crippen LogP) is 1.01. The van der Waals surface area contributed by atoms with Gasteiger partial charge in [0.25, 0.3) is 0 Å². The van der Waals surface area contributed by atoms with E-state index in [0.717, 1.165) is 0 Å². The molecule has 1 rings (SSSR count). The number of nitrogens with two attached hydrogens (primary N) is 1. The van der Waals surface area contributed by atoms with Gasteiger partial charge >= 0.3 is 0 Å². The van der Waals surface area contributed by atoms with Crippen molar-refractivity contribution >= 4 is 27.2 Å². The van der Waals surface area contributed by atoms with Crippen LogP contribution in [0, 0.1) is 0 Å². The van der Waals surface area contributed by atoms with E-state index in [2.05, 4.69) is 4.72 Å². The molecule has 6 heteroatoms. The highest BCUT2D eigenvalue weighted by atomic mass is 32.2. The van der Waals surface area contributed by atoms with Crippen LogP contribution in [0.2, 0.25) is 0 Å². The van der Waals surface area contributed by atoms with Crippen LogP contribution in [-0.2, 0) is 10.0 Å². The summed E-state index contributed by atoms with van der Waals surface area (Å²) in [5.41, 5.74) is 6.07. The van der Waals surface area contributed by atoms with E-state index in [1.165, 1.54) is 12.1 Å². The topological polar surface area (TPSA) is 72.2 Å². The van der Waals surface area contributed by atoms with Crippen molar-refractivity contribution in [3.05, 3.63) is 29.8 Å². The third-order valence-corrected chi connectivity index (χ3v) is 3.75. The van der Waals surface area contributed by atoms with Gasteiger partial charge in [-0.3, -0.25) is 0 Å². The first-order valence-corrected chi connectivity index (χ1v) is 6.64. The van der Waals surface area contributed by atoms with E-state index < -0.39 is 10.0 Å². The summed E-state index contributed by atoms with van der Waals surface area (Å²) in [7, 11) is -3.44. The van der Waals surface area contributed by atoms with Crippen molar-refractivity contribution in [2.24, 2.45) is 5.73 Å². The van der Waals surface area contributed by atoms with Gasteiger partial charge < -0.3 is 5.73 Å². The lowest BCUT2D eigenvalue weighted by Gasteiger charge is -2.09. The fourth-order valence-corrected chi connectivity index (χ4v) is 2.56. The van der Waals surface area contributed by atoms with E-state index in [1.54, 1.807) is 26.0 Å². The summed E-state index contributed by atoms with van der Waals surface area (Å²) in [6, 6.07) is 6.02. The van der Waals surface area contributed by atoms with Gasteiger partial charge in [0.05, 0.1) is 4.90 Å². The summed E-state index contributed by atoms with van der Waals surface area (Å²) in [6.07, 6.45) is 0. The van der Waals surface area contributed by atoms with E-state index in [4.69, 9.17) is 18.0 Å². The number of hydrogen-bond donors (Lipinski definition) is 2. The van der Waals surface area contributed by atoms with Crippen LogP contribution in [0.15, 0.2) is 29.2 Å². The van der Waals surface area contributed by atoms with Crippen molar-refractivity contribution < 1.29 is 8.42 Å². The van der Waals surface area contributed by atoms with E-state index in [-0.39, 0.29) is 15.9 Å². The summed E-state index contributed by atoms with van der Waals surface area (Å²) in [6.45, 7) is 3.53. The van der Waals surface area contributed by atoms with Gasteiger partial charge in [0.1, 0.15) is 4.99 Å². The normalized spacial score (nSPS) is 11.7. The molecule has 0 aliphatic heterocycles. The zero-order valence-corrected chi connectivity index (χ0v) is 10.7. The summed E-state index contributed by atoms with van der Waals surface area (Å²) < 4.78 is 26.0. The molecule has 0 radical (unpaired) electrons. The molecule has 0 saturated heterocycles. The average Bonchev–Trinajstić information content (AvgIpc) is 2.16. The Hall–Kier alpha value is -0.980. The molecule has 0 unspecified atom stereocenters. The number of benzene rings is 1. The van der Waals surface area contributed by atoms with Crippen molar-refractivity contribution in [3.8, 4) is 0 Å². The van der Waals surface area contributed by atoms with Crippen LogP contribution >= 0.6 is 12.2 Å². The quantitative estimate of drug-likeness (QED) is 0.791. The van der Waals surface area contributed by atoms with E-state index in [1.807, 2.05) is 0 Å². The molecule has 0 atom stereocenters. The van der Waals surface area contributed by atoms with Crippen molar-refractivity contribution in [2.75, 3.05) is 0 Å². The summed E-state index contributed by atoms with van der Waals surface area (Å²) >= 11 is 4.78. The third kappa shape index (κ3) is 3.26. The molecule has 16 heavy (non-hydrogen) atoms. The molecule has 0 aliphatic rings. The van der Waals surface area contributed by atoms with E-state index in [0.29, 0.717) is 5.56 Å². The molecule has 1 aromatic carbocycles. The van der Waals surface area contributed by atoms with Gasteiger partial charge in [-0.25, -0.2) is 13.1 Å². The van der Waals surface area contributed by atoms with Gasteiger partial charge in [-0.05, 0) is 26.0 Å². The number of thiocarbonyl (C=S) groups is 1. The summed E-state index contributed by atoms with van der Waals surface area (Å²) in [5, 5.41) is 0. The Bertz CT molecular complexity index is 478. The fraction of sp³-hybridized carbons (Fsp3) is 0.300. The Balaban J connectivity index is 3.02. The Morgan fingerprint density at radius 1 is 1.31 bits per heavy atom. The van der Waals surface area contributed by atoms with Gasteiger partial charge in [-0.2, -0.15) is 0 Å². The summed E-state index contributed by atoms with van der Waals surface area (Å²) in [4.78, 5) is 0.460. The Labute approximate surface area is 101 Å². The second kappa shape index (κ2) is 4.90. The molecule has 88 valence electrons.